The normalized spacial score (nSPS) is 18.7. The molecule has 1 unspecified atom stereocenters. The van der Waals surface area contributed by atoms with E-state index in [-0.39, 0.29) is 23.6 Å². The Bertz CT molecular complexity index is 1780. The molecule has 0 aromatic heterocycles. The van der Waals surface area contributed by atoms with E-state index in [4.69, 9.17) is 33.2 Å². The van der Waals surface area contributed by atoms with Crippen molar-refractivity contribution in [1.82, 2.24) is 15.1 Å². The topological polar surface area (TPSA) is 134 Å². The first kappa shape index (κ1) is 40.8. The van der Waals surface area contributed by atoms with Crippen molar-refractivity contribution >= 4 is 17.7 Å². The Morgan fingerprint density at radius 3 is 2.38 bits per heavy atom. The predicted molar refractivity (Wildman–Crippen MR) is 210 cm³/mol. The molecule has 3 heterocycles. The molecule has 0 bridgehead atoms. The van der Waals surface area contributed by atoms with E-state index < -0.39 is 0 Å². The monoisotopic (exact) mass is 773 g/mol. The molecule has 3 aliphatic heterocycles. The molecular weight excluding hydrogens is 718 g/mol. The van der Waals surface area contributed by atoms with Gasteiger partial charge >= 0.3 is 0 Å². The lowest BCUT2D eigenvalue weighted by molar-refractivity contribution is -0.134. The van der Waals surface area contributed by atoms with Gasteiger partial charge in [-0.25, -0.2) is 0 Å². The Labute approximate surface area is 329 Å². The van der Waals surface area contributed by atoms with Crippen LogP contribution < -0.4 is 29.0 Å². The van der Waals surface area contributed by atoms with E-state index in [2.05, 4.69) is 16.3 Å². The second-order valence-corrected chi connectivity index (χ2v) is 14.3. The third-order valence-electron chi connectivity index (χ3n) is 10.5. The summed E-state index contributed by atoms with van der Waals surface area (Å²) in [6, 6.07) is 17.4. The van der Waals surface area contributed by atoms with Crippen LogP contribution in [0.3, 0.4) is 0 Å². The molecule has 3 aliphatic rings. The van der Waals surface area contributed by atoms with Gasteiger partial charge in [-0.2, -0.15) is 0 Å². The maximum absolute atomic E-state index is 12.7. The molecule has 1 N–H and O–H groups in total. The molecule has 0 spiro atoms. The average Bonchev–Trinajstić information content (AvgIpc) is 3.45. The molecule has 302 valence electrons. The van der Waals surface area contributed by atoms with Gasteiger partial charge in [0.1, 0.15) is 19.0 Å². The second-order valence-electron chi connectivity index (χ2n) is 14.3. The van der Waals surface area contributed by atoms with E-state index >= 15 is 0 Å². The zero-order chi connectivity index (χ0) is 39.3. The van der Waals surface area contributed by atoms with E-state index in [9.17, 15) is 14.4 Å². The fourth-order valence-electron chi connectivity index (χ4n) is 7.45. The fourth-order valence-corrected chi connectivity index (χ4v) is 7.45. The molecule has 3 aromatic rings. The Balaban J connectivity index is 0.931. The van der Waals surface area contributed by atoms with Gasteiger partial charge in [0.2, 0.25) is 17.7 Å². The summed E-state index contributed by atoms with van der Waals surface area (Å²) in [6.07, 6.45) is 3.49. The van der Waals surface area contributed by atoms with Gasteiger partial charge in [0, 0.05) is 44.0 Å². The molecule has 13 nitrogen and oxygen atoms in total. The summed E-state index contributed by atoms with van der Waals surface area (Å²) in [5, 5.41) is 2.40. The van der Waals surface area contributed by atoms with E-state index in [1.807, 2.05) is 60.4 Å². The van der Waals surface area contributed by atoms with Gasteiger partial charge in [-0.1, -0.05) is 25.1 Å². The largest absolute Gasteiger partial charge is 0.493 e. The number of nitrogens with one attached hydrogen (secondary N) is 1. The maximum atomic E-state index is 12.7. The molecule has 0 radical (unpaired) electrons. The minimum atomic E-state index is -0.305. The number of likely N-dealkylation sites (tertiary alicyclic amines) is 1. The number of nitrogens with zero attached hydrogens (tertiary/aromatic N) is 2. The molecule has 2 fully saturated rings. The zero-order valence-corrected chi connectivity index (χ0v) is 32.8. The highest BCUT2D eigenvalue weighted by atomic mass is 16.5. The van der Waals surface area contributed by atoms with Crippen LogP contribution in [0.25, 0.3) is 11.1 Å². The van der Waals surface area contributed by atoms with Crippen LogP contribution in [-0.2, 0) is 30.4 Å². The molecule has 0 saturated carbocycles. The fraction of sp³-hybridized carbons (Fsp3) is 0.512. The van der Waals surface area contributed by atoms with Crippen molar-refractivity contribution in [3.8, 4) is 39.9 Å². The van der Waals surface area contributed by atoms with Crippen LogP contribution in [0.5, 0.6) is 28.7 Å². The first-order valence-corrected chi connectivity index (χ1v) is 19.7. The highest BCUT2D eigenvalue weighted by Gasteiger charge is 2.28. The van der Waals surface area contributed by atoms with Gasteiger partial charge in [0.25, 0.3) is 0 Å². The number of benzene rings is 3. The first-order chi connectivity index (χ1) is 27.3. The number of methoxy groups -OCH3 is 2. The number of rotatable bonds is 18. The smallest absolute Gasteiger partial charge is 0.234 e. The number of fused-ring (bicyclic) bond motifs is 1. The molecular formula is C43H55N3O10. The summed E-state index contributed by atoms with van der Waals surface area (Å²) in [4.78, 5) is 40.5. The summed E-state index contributed by atoms with van der Waals surface area (Å²) in [7, 11) is 3.25. The Morgan fingerprint density at radius 1 is 0.839 bits per heavy atom. The standard InChI is InChI=1S/C43H55N3O10/c1-4-41(48)46-17-19-55-42-34(28-46)24-33(32-9-13-37(50-2)38(25-32)51-3)26-39(42)56-29-30-6-5-15-45(27-30)16-18-52-20-21-53-22-23-54-35-10-7-31(8-11-35)36-12-14-40(47)44-43(36)49/h7-11,13,24-26,30,36H,4-6,12,14-23,27-29H2,1-3H3,(H,44,47,49)/t30-,36?/m1/s1. The van der Waals surface area contributed by atoms with Gasteiger partial charge < -0.3 is 43.0 Å². The van der Waals surface area contributed by atoms with E-state index in [1.54, 1.807) is 14.2 Å². The van der Waals surface area contributed by atoms with Crippen molar-refractivity contribution in [2.24, 2.45) is 5.92 Å². The van der Waals surface area contributed by atoms with E-state index in [0.29, 0.717) is 113 Å². The van der Waals surface area contributed by atoms with Crippen molar-refractivity contribution in [3.63, 3.8) is 0 Å². The number of ether oxygens (including phenoxy) is 7. The van der Waals surface area contributed by atoms with Crippen LogP contribution in [0.4, 0.5) is 0 Å². The van der Waals surface area contributed by atoms with Gasteiger partial charge in [-0.05, 0) is 78.9 Å². The van der Waals surface area contributed by atoms with E-state index in [0.717, 1.165) is 54.7 Å². The molecule has 56 heavy (non-hydrogen) atoms. The van der Waals surface area contributed by atoms with Crippen LogP contribution in [-0.4, -0.2) is 114 Å². The molecule has 6 rings (SSSR count). The Morgan fingerprint density at radius 2 is 1.61 bits per heavy atom. The van der Waals surface area contributed by atoms with Crippen molar-refractivity contribution in [1.29, 1.82) is 0 Å². The second kappa shape index (κ2) is 20.4. The first-order valence-electron chi connectivity index (χ1n) is 19.7. The lowest BCUT2D eigenvalue weighted by Crippen LogP contribution is -2.39. The number of imide groups is 1. The van der Waals surface area contributed by atoms with Gasteiger partial charge in [-0.3, -0.25) is 19.7 Å². The maximum Gasteiger partial charge on any atom is 0.234 e. The summed E-state index contributed by atoms with van der Waals surface area (Å²) < 4.78 is 41.3. The van der Waals surface area contributed by atoms with Crippen LogP contribution in [0.2, 0.25) is 0 Å². The van der Waals surface area contributed by atoms with Gasteiger partial charge in [0.05, 0.1) is 59.7 Å². The van der Waals surface area contributed by atoms with Crippen molar-refractivity contribution in [2.75, 3.05) is 86.6 Å². The highest BCUT2D eigenvalue weighted by molar-refractivity contribution is 6.00. The summed E-state index contributed by atoms with van der Waals surface area (Å²) in [5.41, 5.74) is 3.70. The Kier molecular flexibility index (Phi) is 14.8. The molecule has 2 saturated heterocycles. The average molecular weight is 774 g/mol. The quantitative estimate of drug-likeness (QED) is 0.135. The summed E-state index contributed by atoms with van der Waals surface area (Å²) in [6.45, 7) is 9.06. The van der Waals surface area contributed by atoms with Crippen molar-refractivity contribution in [3.05, 3.63) is 65.7 Å². The zero-order valence-electron chi connectivity index (χ0n) is 32.8. The number of carbonyl (C=O) groups excluding carboxylic acids is 3. The minimum Gasteiger partial charge on any atom is -0.493 e. The van der Waals surface area contributed by atoms with Crippen LogP contribution in [0.1, 0.15) is 56.1 Å². The molecule has 3 aromatic carbocycles. The van der Waals surface area contributed by atoms with Crippen molar-refractivity contribution < 1.29 is 47.5 Å². The van der Waals surface area contributed by atoms with Crippen LogP contribution in [0.15, 0.2) is 54.6 Å². The molecule has 2 atom stereocenters. The number of carbonyl (C=O) groups is 3. The van der Waals surface area contributed by atoms with Crippen LogP contribution >= 0.6 is 0 Å². The van der Waals surface area contributed by atoms with Gasteiger partial charge in [-0.15, -0.1) is 0 Å². The molecule has 13 heteroatoms. The SMILES string of the molecule is CCC(=O)N1CCOc2c(cc(-c3ccc(OC)c(OC)c3)cc2OC[C@@H]2CCCN(CCOCCOCCOc3ccc(C4CCC(=O)NC4=O)cc3)C2)C1. The molecule has 0 aliphatic carbocycles. The highest BCUT2D eigenvalue weighted by Crippen LogP contribution is 2.41. The minimum absolute atomic E-state index is 0.0957. The lowest BCUT2D eigenvalue weighted by Gasteiger charge is -2.32. The lowest BCUT2D eigenvalue weighted by atomic mass is 9.90. The third kappa shape index (κ3) is 10.9. The number of amides is 3. The van der Waals surface area contributed by atoms with Crippen LogP contribution in [0, 0.1) is 5.92 Å². The van der Waals surface area contributed by atoms with Crippen molar-refractivity contribution in [2.45, 2.75) is 51.5 Å². The van der Waals surface area contributed by atoms with E-state index in [1.165, 1.54) is 0 Å². The number of hydrogen-bond donors (Lipinski definition) is 1. The third-order valence-corrected chi connectivity index (χ3v) is 10.5. The summed E-state index contributed by atoms with van der Waals surface area (Å²) in [5.74, 6) is 3.07. The molecule has 3 amide bonds. The summed E-state index contributed by atoms with van der Waals surface area (Å²) >= 11 is 0. The predicted octanol–water partition coefficient (Wildman–Crippen LogP) is 5.23. The number of hydrogen-bond acceptors (Lipinski definition) is 11. The Hall–Kier alpha value is -4.85. The number of piperidine rings is 2. The van der Waals surface area contributed by atoms with Gasteiger partial charge in [0.15, 0.2) is 23.0 Å².